The van der Waals surface area contributed by atoms with Gasteiger partial charge in [-0.1, -0.05) is 30.3 Å². The fourth-order valence-electron chi connectivity index (χ4n) is 3.28. The maximum Gasteiger partial charge on any atom is 0.251 e. The first-order valence-corrected chi connectivity index (χ1v) is 8.46. The van der Waals surface area contributed by atoms with Crippen LogP contribution in [0.4, 0.5) is 0 Å². The number of amides is 2. The summed E-state index contributed by atoms with van der Waals surface area (Å²) in [6, 6.07) is 9.92. The van der Waals surface area contributed by atoms with Crippen molar-refractivity contribution in [3.63, 3.8) is 0 Å². The van der Waals surface area contributed by atoms with Crippen LogP contribution in [0.15, 0.2) is 30.3 Å². The van der Waals surface area contributed by atoms with Gasteiger partial charge in [-0.3, -0.25) is 9.59 Å². The van der Waals surface area contributed by atoms with Crippen LogP contribution in [-0.4, -0.2) is 48.6 Å². The third-order valence-corrected chi connectivity index (χ3v) is 4.58. The van der Waals surface area contributed by atoms with Crippen molar-refractivity contribution in [2.24, 2.45) is 0 Å². The van der Waals surface area contributed by atoms with E-state index in [9.17, 15) is 9.59 Å². The van der Waals surface area contributed by atoms with Gasteiger partial charge < -0.3 is 15.0 Å². The van der Waals surface area contributed by atoms with Gasteiger partial charge in [-0.15, -0.1) is 0 Å². The summed E-state index contributed by atoms with van der Waals surface area (Å²) in [5, 5.41) is 3.09. The summed E-state index contributed by atoms with van der Waals surface area (Å²) in [4.78, 5) is 26.3. The van der Waals surface area contributed by atoms with E-state index in [1.807, 2.05) is 35.2 Å². The Hall–Kier alpha value is -1.88. The quantitative estimate of drug-likeness (QED) is 0.916. The lowest BCUT2D eigenvalue weighted by Crippen LogP contribution is -2.49. The zero-order chi connectivity index (χ0) is 16.1. The molecule has 124 valence electrons. The van der Waals surface area contributed by atoms with E-state index < -0.39 is 0 Å². The van der Waals surface area contributed by atoms with Crippen LogP contribution in [-0.2, 0) is 20.7 Å². The Balaban J connectivity index is 1.42. The second kappa shape index (κ2) is 7.59. The number of nitrogens with zero attached hydrogens (tertiary/aromatic N) is 1. The number of hydrogen-bond donors (Lipinski definition) is 1. The van der Waals surface area contributed by atoms with E-state index in [0.717, 1.165) is 31.2 Å². The molecular formula is C18H24N2O3. The van der Waals surface area contributed by atoms with Crippen molar-refractivity contribution in [2.45, 2.75) is 44.2 Å². The number of carbonyl (C=O) groups excluding carboxylic acids is 2. The Morgan fingerprint density at radius 3 is 2.52 bits per heavy atom. The topological polar surface area (TPSA) is 58.6 Å². The molecule has 2 aliphatic rings. The highest BCUT2D eigenvalue weighted by Gasteiger charge is 2.31. The van der Waals surface area contributed by atoms with Gasteiger partial charge in [0.1, 0.15) is 6.10 Å². The summed E-state index contributed by atoms with van der Waals surface area (Å²) < 4.78 is 5.46. The Morgan fingerprint density at radius 2 is 1.87 bits per heavy atom. The van der Waals surface area contributed by atoms with E-state index in [1.165, 1.54) is 0 Å². The molecule has 1 atom stereocenters. The predicted octanol–water partition coefficient (Wildman–Crippen LogP) is 1.52. The first-order chi connectivity index (χ1) is 11.2. The fourth-order valence-corrected chi connectivity index (χ4v) is 3.28. The largest absolute Gasteiger partial charge is 0.368 e. The second-order valence-electron chi connectivity index (χ2n) is 6.33. The molecule has 2 saturated heterocycles. The highest BCUT2D eigenvalue weighted by molar-refractivity contribution is 5.81. The van der Waals surface area contributed by atoms with Crippen molar-refractivity contribution < 1.29 is 14.3 Å². The number of benzene rings is 1. The summed E-state index contributed by atoms with van der Waals surface area (Å²) in [6.07, 6.45) is 3.63. The standard InChI is InChI=1S/C18H24N2O3/c21-17(13-14-5-2-1-3-6-14)19-15-8-10-20(11-9-15)18(22)16-7-4-12-23-16/h1-3,5-6,15-16H,4,7-13H2,(H,19,21). The minimum absolute atomic E-state index is 0.0557. The molecule has 0 bridgehead atoms. The van der Waals surface area contributed by atoms with Gasteiger partial charge in [0.15, 0.2) is 0 Å². The molecule has 2 aliphatic heterocycles. The van der Waals surface area contributed by atoms with Gasteiger partial charge in [0.2, 0.25) is 5.91 Å². The summed E-state index contributed by atoms with van der Waals surface area (Å²) in [5.74, 6) is 0.177. The number of hydrogen-bond acceptors (Lipinski definition) is 3. The van der Waals surface area contributed by atoms with E-state index in [-0.39, 0.29) is 24.0 Å². The van der Waals surface area contributed by atoms with Crippen LogP contribution >= 0.6 is 0 Å². The van der Waals surface area contributed by atoms with Crippen LogP contribution in [0.2, 0.25) is 0 Å². The molecular weight excluding hydrogens is 292 g/mol. The molecule has 2 amide bonds. The Morgan fingerprint density at radius 1 is 1.13 bits per heavy atom. The van der Waals surface area contributed by atoms with Crippen LogP contribution in [0.5, 0.6) is 0 Å². The first kappa shape index (κ1) is 16.0. The minimum atomic E-state index is -0.237. The average Bonchev–Trinajstić information content (AvgIpc) is 3.10. The lowest BCUT2D eigenvalue weighted by Gasteiger charge is -2.33. The Bertz CT molecular complexity index is 532. The molecule has 23 heavy (non-hydrogen) atoms. The zero-order valence-electron chi connectivity index (χ0n) is 13.4. The fraction of sp³-hybridized carbons (Fsp3) is 0.556. The van der Waals surface area contributed by atoms with Crippen molar-refractivity contribution in [3.05, 3.63) is 35.9 Å². The van der Waals surface area contributed by atoms with Gasteiger partial charge >= 0.3 is 0 Å². The molecule has 1 aromatic rings. The van der Waals surface area contributed by atoms with Crippen molar-refractivity contribution in [2.75, 3.05) is 19.7 Å². The number of carbonyl (C=O) groups is 2. The van der Waals surface area contributed by atoms with Gasteiger partial charge in [-0.05, 0) is 31.2 Å². The van der Waals surface area contributed by atoms with E-state index in [0.29, 0.717) is 26.1 Å². The van der Waals surface area contributed by atoms with E-state index in [2.05, 4.69) is 5.32 Å². The second-order valence-corrected chi connectivity index (χ2v) is 6.33. The maximum absolute atomic E-state index is 12.3. The number of rotatable bonds is 4. The highest BCUT2D eigenvalue weighted by atomic mass is 16.5. The lowest BCUT2D eigenvalue weighted by atomic mass is 10.0. The Labute approximate surface area is 137 Å². The molecule has 1 unspecified atom stereocenters. The molecule has 0 aliphatic carbocycles. The number of likely N-dealkylation sites (tertiary alicyclic amines) is 1. The Kier molecular flexibility index (Phi) is 5.28. The van der Waals surface area contributed by atoms with Crippen LogP contribution in [0.25, 0.3) is 0 Å². The van der Waals surface area contributed by atoms with E-state index in [4.69, 9.17) is 4.74 Å². The van der Waals surface area contributed by atoms with Crippen LogP contribution in [0.1, 0.15) is 31.2 Å². The lowest BCUT2D eigenvalue weighted by molar-refractivity contribution is -0.142. The SMILES string of the molecule is O=C(Cc1ccccc1)NC1CCN(C(=O)C2CCCO2)CC1. The molecule has 1 N–H and O–H groups in total. The molecule has 0 aromatic heterocycles. The summed E-state index contributed by atoms with van der Waals surface area (Å²) >= 11 is 0. The zero-order valence-corrected chi connectivity index (χ0v) is 13.4. The predicted molar refractivity (Wildman–Crippen MR) is 86.9 cm³/mol. The minimum Gasteiger partial charge on any atom is -0.368 e. The summed E-state index contributed by atoms with van der Waals surface area (Å²) in [7, 11) is 0. The third-order valence-electron chi connectivity index (χ3n) is 4.58. The van der Waals surface area contributed by atoms with E-state index in [1.54, 1.807) is 0 Å². The molecule has 2 fully saturated rings. The molecule has 2 heterocycles. The molecule has 0 radical (unpaired) electrons. The van der Waals surface area contributed by atoms with Crippen molar-refractivity contribution >= 4 is 11.8 Å². The number of piperidine rings is 1. The molecule has 1 aromatic carbocycles. The van der Waals surface area contributed by atoms with Gasteiger partial charge in [0, 0.05) is 25.7 Å². The average molecular weight is 316 g/mol. The normalized spacial score (nSPS) is 22.1. The smallest absolute Gasteiger partial charge is 0.251 e. The van der Waals surface area contributed by atoms with Crippen LogP contribution < -0.4 is 5.32 Å². The maximum atomic E-state index is 12.3. The molecule has 5 nitrogen and oxygen atoms in total. The number of ether oxygens (including phenoxy) is 1. The molecule has 0 spiro atoms. The molecule has 0 saturated carbocycles. The monoisotopic (exact) mass is 316 g/mol. The first-order valence-electron chi connectivity index (χ1n) is 8.46. The van der Waals surface area contributed by atoms with Gasteiger partial charge in [-0.25, -0.2) is 0 Å². The van der Waals surface area contributed by atoms with Crippen LogP contribution in [0.3, 0.4) is 0 Å². The van der Waals surface area contributed by atoms with Gasteiger partial charge in [0.25, 0.3) is 5.91 Å². The van der Waals surface area contributed by atoms with Crippen molar-refractivity contribution in [1.82, 2.24) is 10.2 Å². The third kappa shape index (κ3) is 4.32. The molecule has 5 heteroatoms. The summed E-state index contributed by atoms with van der Waals surface area (Å²) in [6.45, 7) is 2.10. The van der Waals surface area contributed by atoms with Gasteiger partial charge in [-0.2, -0.15) is 0 Å². The van der Waals surface area contributed by atoms with Crippen LogP contribution in [0, 0.1) is 0 Å². The molecule has 3 rings (SSSR count). The van der Waals surface area contributed by atoms with E-state index >= 15 is 0 Å². The van der Waals surface area contributed by atoms with Crippen molar-refractivity contribution in [1.29, 1.82) is 0 Å². The highest BCUT2D eigenvalue weighted by Crippen LogP contribution is 2.18. The van der Waals surface area contributed by atoms with Gasteiger partial charge in [0.05, 0.1) is 6.42 Å². The number of nitrogens with one attached hydrogen (secondary N) is 1. The van der Waals surface area contributed by atoms with Crippen molar-refractivity contribution in [3.8, 4) is 0 Å². The summed E-state index contributed by atoms with van der Waals surface area (Å²) in [5.41, 5.74) is 1.02.